The van der Waals surface area contributed by atoms with Crippen molar-refractivity contribution in [3.8, 4) is 0 Å². The van der Waals surface area contributed by atoms with E-state index in [1.807, 2.05) is 27.9 Å². The van der Waals surface area contributed by atoms with Crippen molar-refractivity contribution in [2.45, 2.75) is 13.8 Å². The van der Waals surface area contributed by atoms with Crippen molar-refractivity contribution in [1.82, 2.24) is 10.2 Å². The number of thiocarbonyl (C=S) groups is 1. The molecule has 0 saturated carbocycles. The third-order valence-electron chi connectivity index (χ3n) is 0.632. The van der Waals surface area contributed by atoms with Crippen molar-refractivity contribution in [2.75, 3.05) is 14.1 Å². The molecule has 10 heavy (non-hydrogen) atoms. The number of hydrogen-bond acceptors (Lipinski definition) is 1. The molecule has 0 rings (SSSR count). The summed E-state index contributed by atoms with van der Waals surface area (Å²) < 4.78 is 0. The standard InChI is InChI=1S/C5H10N2S.C2H6/c1-4-6-5(8)7(2)3;1-2/h4H,1H2,2-3H3,(H,6,8);1-2H3. The lowest BCUT2D eigenvalue weighted by atomic mass is 10.8. The van der Waals surface area contributed by atoms with Gasteiger partial charge in [0.15, 0.2) is 5.11 Å². The van der Waals surface area contributed by atoms with Gasteiger partial charge in [0.2, 0.25) is 0 Å². The second-order valence-corrected chi connectivity index (χ2v) is 1.93. The summed E-state index contributed by atoms with van der Waals surface area (Å²) in [7, 11) is 3.75. The molecule has 0 aromatic carbocycles. The first-order valence-electron chi connectivity index (χ1n) is 3.27. The summed E-state index contributed by atoms with van der Waals surface area (Å²) in [5.74, 6) is 0. The van der Waals surface area contributed by atoms with Crippen LogP contribution in [0.25, 0.3) is 0 Å². The van der Waals surface area contributed by atoms with Crippen molar-refractivity contribution < 1.29 is 0 Å². The average molecular weight is 160 g/mol. The van der Waals surface area contributed by atoms with E-state index < -0.39 is 0 Å². The molecule has 0 amide bonds. The van der Waals surface area contributed by atoms with Gasteiger partial charge in [0.25, 0.3) is 0 Å². The third kappa shape index (κ3) is 7.43. The lowest BCUT2D eigenvalue weighted by Crippen LogP contribution is -2.30. The third-order valence-corrected chi connectivity index (χ3v) is 1.11. The Morgan fingerprint density at radius 2 is 1.90 bits per heavy atom. The maximum Gasteiger partial charge on any atom is 0.172 e. The van der Waals surface area contributed by atoms with Gasteiger partial charge in [-0.3, -0.25) is 0 Å². The van der Waals surface area contributed by atoms with E-state index in [9.17, 15) is 0 Å². The summed E-state index contributed by atoms with van der Waals surface area (Å²) in [6.07, 6.45) is 1.56. The molecule has 0 spiro atoms. The van der Waals surface area contributed by atoms with Crippen LogP contribution in [0.2, 0.25) is 0 Å². The fraction of sp³-hybridized carbons (Fsp3) is 0.571. The van der Waals surface area contributed by atoms with E-state index >= 15 is 0 Å². The lowest BCUT2D eigenvalue weighted by molar-refractivity contribution is 0.616. The van der Waals surface area contributed by atoms with Crippen LogP contribution in [-0.4, -0.2) is 24.1 Å². The van der Waals surface area contributed by atoms with E-state index in [1.165, 1.54) is 0 Å². The van der Waals surface area contributed by atoms with Gasteiger partial charge in [0, 0.05) is 14.1 Å². The van der Waals surface area contributed by atoms with Gasteiger partial charge in [0.1, 0.15) is 0 Å². The van der Waals surface area contributed by atoms with Crippen molar-refractivity contribution in [3.63, 3.8) is 0 Å². The van der Waals surface area contributed by atoms with Crippen LogP contribution in [0.1, 0.15) is 13.8 Å². The van der Waals surface area contributed by atoms with E-state index in [4.69, 9.17) is 12.2 Å². The molecule has 0 aliphatic rings. The quantitative estimate of drug-likeness (QED) is 0.586. The van der Waals surface area contributed by atoms with E-state index in [1.54, 1.807) is 11.1 Å². The Labute approximate surface area is 68.9 Å². The first-order valence-corrected chi connectivity index (χ1v) is 3.68. The number of nitrogens with one attached hydrogen (secondary N) is 1. The van der Waals surface area contributed by atoms with Gasteiger partial charge in [-0.05, 0) is 18.4 Å². The minimum Gasteiger partial charge on any atom is -0.355 e. The maximum absolute atomic E-state index is 4.82. The normalized spacial score (nSPS) is 6.80. The van der Waals surface area contributed by atoms with Crippen molar-refractivity contribution in [2.24, 2.45) is 0 Å². The molecule has 60 valence electrons. The lowest BCUT2D eigenvalue weighted by Gasteiger charge is -2.11. The minimum absolute atomic E-state index is 0.681. The van der Waals surface area contributed by atoms with Crippen LogP contribution < -0.4 is 5.32 Å². The Bertz CT molecular complexity index is 99.8. The van der Waals surface area contributed by atoms with Crippen LogP contribution in [-0.2, 0) is 0 Å². The maximum atomic E-state index is 4.82. The zero-order chi connectivity index (χ0) is 8.57. The topological polar surface area (TPSA) is 15.3 Å². The number of hydrogen-bond donors (Lipinski definition) is 1. The summed E-state index contributed by atoms with van der Waals surface area (Å²) >= 11 is 4.82. The van der Waals surface area contributed by atoms with E-state index in [-0.39, 0.29) is 0 Å². The van der Waals surface area contributed by atoms with Crippen LogP contribution in [0.15, 0.2) is 12.8 Å². The van der Waals surface area contributed by atoms with Gasteiger partial charge < -0.3 is 10.2 Å². The van der Waals surface area contributed by atoms with Gasteiger partial charge in [-0.1, -0.05) is 20.4 Å². The highest BCUT2D eigenvalue weighted by Gasteiger charge is 1.89. The molecule has 0 radical (unpaired) electrons. The molecule has 0 fully saturated rings. The Morgan fingerprint density at radius 1 is 1.50 bits per heavy atom. The Balaban J connectivity index is 0. The fourth-order valence-electron chi connectivity index (χ4n) is 0.216. The molecule has 0 saturated heterocycles. The second-order valence-electron chi connectivity index (χ2n) is 1.55. The number of rotatable bonds is 1. The van der Waals surface area contributed by atoms with Gasteiger partial charge in [0.05, 0.1) is 0 Å². The Kier molecular flexibility index (Phi) is 10.2. The molecule has 0 aromatic rings. The summed E-state index contributed by atoms with van der Waals surface area (Å²) in [5.41, 5.74) is 0. The highest BCUT2D eigenvalue weighted by molar-refractivity contribution is 7.80. The summed E-state index contributed by atoms with van der Waals surface area (Å²) in [6.45, 7) is 7.46. The summed E-state index contributed by atoms with van der Waals surface area (Å²) in [6, 6.07) is 0. The second kappa shape index (κ2) is 8.43. The monoisotopic (exact) mass is 160 g/mol. The molecular formula is C7H16N2S. The zero-order valence-electron chi connectivity index (χ0n) is 7.14. The molecule has 0 aromatic heterocycles. The highest BCUT2D eigenvalue weighted by Crippen LogP contribution is 1.75. The van der Waals surface area contributed by atoms with E-state index in [2.05, 4.69) is 11.9 Å². The molecule has 0 bridgehead atoms. The van der Waals surface area contributed by atoms with Crippen molar-refractivity contribution in [3.05, 3.63) is 12.8 Å². The Morgan fingerprint density at radius 3 is 2.00 bits per heavy atom. The predicted molar refractivity (Wildman–Crippen MR) is 51.0 cm³/mol. The van der Waals surface area contributed by atoms with E-state index in [0.717, 1.165) is 0 Å². The smallest absolute Gasteiger partial charge is 0.172 e. The van der Waals surface area contributed by atoms with Crippen LogP contribution >= 0.6 is 12.2 Å². The summed E-state index contributed by atoms with van der Waals surface area (Å²) in [5, 5.41) is 3.45. The fourth-order valence-corrected chi connectivity index (χ4v) is 0.300. The van der Waals surface area contributed by atoms with E-state index in [0.29, 0.717) is 5.11 Å². The largest absolute Gasteiger partial charge is 0.355 e. The van der Waals surface area contributed by atoms with Crippen LogP contribution in [0, 0.1) is 0 Å². The molecule has 0 aliphatic heterocycles. The SMILES string of the molecule is C=CNC(=S)N(C)C.CC. The van der Waals surface area contributed by atoms with Crippen LogP contribution in [0.3, 0.4) is 0 Å². The predicted octanol–water partition coefficient (Wildman–Crippen LogP) is 1.59. The van der Waals surface area contributed by atoms with Gasteiger partial charge in [-0.25, -0.2) is 0 Å². The van der Waals surface area contributed by atoms with Crippen molar-refractivity contribution in [1.29, 1.82) is 0 Å². The molecule has 0 atom stereocenters. The minimum atomic E-state index is 0.681. The molecule has 1 N–H and O–H groups in total. The first kappa shape index (κ1) is 12.1. The van der Waals surface area contributed by atoms with Gasteiger partial charge in [-0.15, -0.1) is 0 Å². The molecule has 0 unspecified atom stereocenters. The highest BCUT2D eigenvalue weighted by atomic mass is 32.1. The summed E-state index contributed by atoms with van der Waals surface area (Å²) in [4.78, 5) is 1.80. The zero-order valence-corrected chi connectivity index (χ0v) is 7.96. The average Bonchev–Trinajstić information content (AvgIpc) is 1.93. The van der Waals surface area contributed by atoms with Crippen LogP contribution in [0.5, 0.6) is 0 Å². The molecule has 0 heterocycles. The molecular weight excluding hydrogens is 144 g/mol. The number of nitrogens with zero attached hydrogens (tertiary/aromatic N) is 1. The van der Waals surface area contributed by atoms with Gasteiger partial charge >= 0.3 is 0 Å². The first-order chi connectivity index (χ1) is 4.68. The van der Waals surface area contributed by atoms with Gasteiger partial charge in [-0.2, -0.15) is 0 Å². The Hall–Kier alpha value is -0.570. The van der Waals surface area contributed by atoms with Crippen LogP contribution in [0.4, 0.5) is 0 Å². The molecule has 2 nitrogen and oxygen atoms in total. The van der Waals surface area contributed by atoms with Crippen molar-refractivity contribution >= 4 is 17.3 Å². The molecule has 3 heteroatoms. The molecule has 0 aliphatic carbocycles.